The Balaban J connectivity index is 1.53. The number of benzene rings is 2. The Morgan fingerprint density at radius 3 is 2.39 bits per heavy atom. The highest BCUT2D eigenvalue weighted by molar-refractivity contribution is 6.42. The molecule has 2 aromatic heterocycles. The molecule has 0 bridgehead atoms. The van der Waals surface area contributed by atoms with Crippen molar-refractivity contribution in [1.82, 2.24) is 19.0 Å². The standard InChI is InChI=1S/C28H24Cl2N4O4/c1-38-21-6-4-20(5-7-21)34-26(25(35)9-2-18-10-12-31-13-11-18)24-17-32(14-15-33(24)28(34)37)27(36)19-3-8-22(29)23(30)16-19/h3-8,10-13,16H,2,9,14-15,17H2,1H3. The molecule has 0 fully saturated rings. The number of imidazole rings is 1. The molecule has 38 heavy (non-hydrogen) atoms. The maximum absolute atomic E-state index is 13.7. The van der Waals surface area contributed by atoms with Crippen LogP contribution in [-0.2, 0) is 19.5 Å². The summed E-state index contributed by atoms with van der Waals surface area (Å²) < 4.78 is 8.28. The van der Waals surface area contributed by atoms with Crippen LogP contribution >= 0.6 is 23.2 Å². The van der Waals surface area contributed by atoms with E-state index < -0.39 is 0 Å². The van der Waals surface area contributed by atoms with Crippen molar-refractivity contribution < 1.29 is 14.3 Å². The van der Waals surface area contributed by atoms with Gasteiger partial charge >= 0.3 is 5.69 Å². The number of pyridine rings is 1. The predicted molar refractivity (Wildman–Crippen MR) is 145 cm³/mol. The van der Waals surface area contributed by atoms with Gasteiger partial charge in [0.2, 0.25) is 0 Å². The number of Topliss-reactive ketones (excluding diaryl/α,β-unsaturated/α-hetero) is 1. The van der Waals surface area contributed by atoms with Crippen molar-refractivity contribution in [2.75, 3.05) is 13.7 Å². The fourth-order valence-electron chi connectivity index (χ4n) is 4.63. The molecule has 0 spiro atoms. The number of nitrogens with zero attached hydrogens (tertiary/aromatic N) is 4. The number of carbonyl (C=O) groups is 2. The van der Waals surface area contributed by atoms with E-state index >= 15 is 0 Å². The molecule has 1 aliphatic rings. The summed E-state index contributed by atoms with van der Waals surface area (Å²) in [5, 5.41) is 0.637. The number of aryl methyl sites for hydroxylation is 1. The Bertz CT molecular complexity index is 1560. The molecule has 0 atom stereocenters. The summed E-state index contributed by atoms with van der Waals surface area (Å²) in [6, 6.07) is 15.4. The van der Waals surface area contributed by atoms with Gasteiger partial charge in [0, 0.05) is 37.5 Å². The van der Waals surface area contributed by atoms with E-state index in [1.54, 1.807) is 65.4 Å². The van der Waals surface area contributed by atoms with Crippen molar-refractivity contribution in [3.63, 3.8) is 0 Å². The van der Waals surface area contributed by atoms with Crippen LogP contribution in [0.1, 0.15) is 38.5 Å². The van der Waals surface area contributed by atoms with Gasteiger partial charge in [0.05, 0.1) is 35.1 Å². The first-order valence-electron chi connectivity index (χ1n) is 12.0. The lowest BCUT2D eigenvalue weighted by Crippen LogP contribution is -2.41. The Labute approximate surface area is 229 Å². The van der Waals surface area contributed by atoms with E-state index in [9.17, 15) is 14.4 Å². The molecule has 2 aromatic carbocycles. The van der Waals surface area contributed by atoms with Crippen LogP contribution in [-0.4, -0.2) is 44.4 Å². The van der Waals surface area contributed by atoms with Gasteiger partial charge in [-0.15, -0.1) is 0 Å². The second kappa shape index (κ2) is 10.8. The predicted octanol–water partition coefficient (Wildman–Crippen LogP) is 4.82. The van der Waals surface area contributed by atoms with Crippen molar-refractivity contribution >= 4 is 34.9 Å². The van der Waals surface area contributed by atoms with Gasteiger partial charge in [-0.2, -0.15) is 0 Å². The number of carbonyl (C=O) groups excluding carboxylic acids is 2. The van der Waals surface area contributed by atoms with Gasteiger partial charge in [0.25, 0.3) is 5.91 Å². The monoisotopic (exact) mass is 550 g/mol. The van der Waals surface area contributed by atoms with Crippen LogP contribution in [0.15, 0.2) is 71.8 Å². The van der Waals surface area contributed by atoms with Gasteiger partial charge < -0.3 is 9.64 Å². The van der Waals surface area contributed by atoms with Gasteiger partial charge in [-0.05, 0) is 66.6 Å². The molecule has 0 aliphatic carbocycles. The maximum atomic E-state index is 13.7. The Morgan fingerprint density at radius 1 is 0.974 bits per heavy atom. The molecule has 5 rings (SSSR count). The first-order valence-corrected chi connectivity index (χ1v) is 12.8. The Morgan fingerprint density at radius 2 is 1.71 bits per heavy atom. The Kier molecular flexibility index (Phi) is 7.35. The van der Waals surface area contributed by atoms with E-state index in [0.29, 0.717) is 40.7 Å². The second-order valence-electron chi connectivity index (χ2n) is 8.90. The lowest BCUT2D eigenvalue weighted by atomic mass is 10.0. The van der Waals surface area contributed by atoms with Crippen molar-refractivity contribution in [3.8, 4) is 11.4 Å². The SMILES string of the molecule is COc1ccc(-n2c(C(=O)CCc3ccncc3)c3n(c2=O)CCN(C(=O)c2ccc(Cl)c(Cl)c2)C3)cc1. The number of aromatic nitrogens is 3. The number of amides is 1. The quantitative estimate of drug-likeness (QED) is 0.308. The smallest absolute Gasteiger partial charge is 0.333 e. The molecular weight excluding hydrogens is 527 g/mol. The summed E-state index contributed by atoms with van der Waals surface area (Å²) in [6.45, 7) is 0.673. The highest BCUT2D eigenvalue weighted by Gasteiger charge is 2.32. The lowest BCUT2D eigenvalue weighted by Gasteiger charge is -2.28. The van der Waals surface area contributed by atoms with Crippen LogP contribution in [0.3, 0.4) is 0 Å². The van der Waals surface area contributed by atoms with Gasteiger partial charge in [0.1, 0.15) is 11.4 Å². The summed E-state index contributed by atoms with van der Waals surface area (Å²) in [5.74, 6) is 0.191. The molecule has 10 heteroatoms. The van der Waals surface area contributed by atoms with Crippen molar-refractivity contribution in [2.24, 2.45) is 0 Å². The van der Waals surface area contributed by atoms with Crippen molar-refractivity contribution in [2.45, 2.75) is 25.9 Å². The number of hydrogen-bond acceptors (Lipinski definition) is 5. The average molecular weight is 551 g/mol. The molecule has 0 saturated heterocycles. The number of fused-ring (bicyclic) bond motifs is 1. The van der Waals surface area contributed by atoms with Gasteiger partial charge in [-0.25, -0.2) is 4.79 Å². The number of rotatable bonds is 7. The van der Waals surface area contributed by atoms with E-state index in [4.69, 9.17) is 27.9 Å². The zero-order chi connectivity index (χ0) is 26.8. The molecule has 0 unspecified atom stereocenters. The van der Waals surface area contributed by atoms with Gasteiger partial charge in [0.15, 0.2) is 5.78 Å². The third kappa shape index (κ3) is 4.97. The number of hydrogen-bond donors (Lipinski definition) is 0. The average Bonchev–Trinajstić information content (AvgIpc) is 3.25. The maximum Gasteiger partial charge on any atom is 0.333 e. The minimum Gasteiger partial charge on any atom is -0.497 e. The number of methoxy groups -OCH3 is 1. The van der Waals surface area contributed by atoms with Crippen LogP contribution in [0.5, 0.6) is 5.75 Å². The first kappa shape index (κ1) is 25.8. The van der Waals surface area contributed by atoms with E-state index in [1.807, 2.05) is 12.1 Å². The summed E-state index contributed by atoms with van der Waals surface area (Å²) in [4.78, 5) is 46.3. The lowest BCUT2D eigenvalue weighted by molar-refractivity contribution is 0.0707. The van der Waals surface area contributed by atoms with Crippen LogP contribution in [0.25, 0.3) is 5.69 Å². The molecule has 0 radical (unpaired) electrons. The van der Waals surface area contributed by atoms with Crippen LogP contribution in [0.4, 0.5) is 0 Å². The molecule has 194 valence electrons. The zero-order valence-electron chi connectivity index (χ0n) is 20.6. The molecule has 1 amide bonds. The number of ketones is 1. The highest BCUT2D eigenvalue weighted by Crippen LogP contribution is 2.26. The Hall–Kier alpha value is -3.88. The minimum absolute atomic E-state index is 0.105. The fourth-order valence-corrected chi connectivity index (χ4v) is 4.93. The zero-order valence-corrected chi connectivity index (χ0v) is 22.1. The van der Waals surface area contributed by atoms with E-state index in [2.05, 4.69) is 4.98 Å². The largest absolute Gasteiger partial charge is 0.497 e. The third-order valence-electron chi connectivity index (χ3n) is 6.62. The highest BCUT2D eigenvalue weighted by atomic mass is 35.5. The molecule has 0 N–H and O–H groups in total. The fraction of sp³-hybridized carbons (Fsp3) is 0.214. The molecule has 8 nitrogen and oxygen atoms in total. The van der Waals surface area contributed by atoms with E-state index in [-0.39, 0.29) is 47.6 Å². The normalized spacial score (nSPS) is 12.8. The van der Waals surface area contributed by atoms with Crippen LogP contribution in [0, 0.1) is 0 Å². The summed E-state index contributed by atoms with van der Waals surface area (Å²) >= 11 is 12.2. The molecule has 3 heterocycles. The van der Waals surface area contributed by atoms with Crippen molar-refractivity contribution in [3.05, 3.63) is 110 Å². The summed E-state index contributed by atoms with van der Waals surface area (Å²) in [5.41, 5.74) is 2.36. The molecular formula is C28H24Cl2N4O4. The summed E-state index contributed by atoms with van der Waals surface area (Å²) in [7, 11) is 1.56. The van der Waals surface area contributed by atoms with E-state index in [0.717, 1.165) is 5.56 Å². The number of halogens is 2. The molecule has 4 aromatic rings. The number of ether oxygens (including phenoxy) is 1. The molecule has 0 saturated carbocycles. The van der Waals surface area contributed by atoms with Crippen LogP contribution in [0.2, 0.25) is 10.0 Å². The minimum atomic E-state index is -0.320. The topological polar surface area (TPSA) is 86.4 Å². The van der Waals surface area contributed by atoms with Crippen molar-refractivity contribution in [1.29, 1.82) is 0 Å². The van der Waals surface area contributed by atoms with E-state index in [1.165, 1.54) is 10.6 Å². The third-order valence-corrected chi connectivity index (χ3v) is 7.36. The van der Waals surface area contributed by atoms with Crippen LogP contribution < -0.4 is 10.4 Å². The van der Waals surface area contributed by atoms with Gasteiger partial charge in [-0.1, -0.05) is 23.2 Å². The molecule has 1 aliphatic heterocycles. The van der Waals surface area contributed by atoms with Gasteiger partial charge in [-0.3, -0.25) is 23.7 Å². The first-order chi connectivity index (χ1) is 18.4. The second-order valence-corrected chi connectivity index (χ2v) is 9.71. The summed E-state index contributed by atoms with van der Waals surface area (Å²) in [6.07, 6.45) is 4.05.